The van der Waals surface area contributed by atoms with Crippen molar-refractivity contribution in [1.82, 2.24) is 4.98 Å². The van der Waals surface area contributed by atoms with Gasteiger partial charge in [-0.2, -0.15) is 0 Å². The number of hydrogen-bond donors (Lipinski definition) is 2. The van der Waals surface area contributed by atoms with Gasteiger partial charge in [0.05, 0.1) is 18.2 Å². The predicted molar refractivity (Wildman–Crippen MR) is 77.8 cm³/mol. The number of carbonyl (C=O) groups is 2. The van der Waals surface area contributed by atoms with Crippen LogP contribution in [0.1, 0.15) is 20.7 Å². The molecule has 6 nitrogen and oxygen atoms in total. The van der Waals surface area contributed by atoms with Crippen LogP contribution >= 0.6 is 11.6 Å². The Morgan fingerprint density at radius 2 is 1.86 bits per heavy atom. The van der Waals surface area contributed by atoms with Crippen LogP contribution in [0.15, 0.2) is 41.3 Å². The summed E-state index contributed by atoms with van der Waals surface area (Å²) in [6.45, 7) is 0. The number of aromatic nitrogens is 1. The normalized spacial score (nSPS) is 10.0. The molecule has 0 saturated heterocycles. The molecule has 0 aliphatic rings. The molecule has 0 saturated carbocycles. The fourth-order valence-corrected chi connectivity index (χ4v) is 1.77. The number of nitrogens with one attached hydrogen (secondary N) is 2. The highest BCUT2D eigenvalue weighted by Crippen LogP contribution is 2.12. The van der Waals surface area contributed by atoms with Gasteiger partial charge in [-0.05, 0) is 30.3 Å². The van der Waals surface area contributed by atoms with Crippen LogP contribution < -0.4 is 10.9 Å². The van der Waals surface area contributed by atoms with E-state index >= 15 is 0 Å². The molecular weight excluding hydrogens is 296 g/mol. The molecule has 1 aromatic carbocycles. The van der Waals surface area contributed by atoms with Crippen LogP contribution in [0.2, 0.25) is 5.02 Å². The van der Waals surface area contributed by atoms with E-state index in [1.165, 1.54) is 31.5 Å². The van der Waals surface area contributed by atoms with Crippen LogP contribution in [0.3, 0.4) is 0 Å². The third-order valence-electron chi connectivity index (χ3n) is 2.68. The van der Waals surface area contributed by atoms with Crippen molar-refractivity contribution in [3.05, 3.63) is 63.0 Å². The van der Waals surface area contributed by atoms with Gasteiger partial charge in [0, 0.05) is 11.9 Å². The lowest BCUT2D eigenvalue weighted by Crippen LogP contribution is -2.15. The Kier molecular flexibility index (Phi) is 4.39. The molecule has 1 amide bonds. The lowest BCUT2D eigenvalue weighted by Gasteiger charge is -2.06. The maximum absolute atomic E-state index is 12.0. The molecule has 0 unspecified atom stereocenters. The smallest absolute Gasteiger partial charge is 0.337 e. The number of hydrogen-bond acceptors (Lipinski definition) is 4. The topological polar surface area (TPSA) is 88.3 Å². The third kappa shape index (κ3) is 3.49. The van der Waals surface area contributed by atoms with Crippen molar-refractivity contribution in [3.63, 3.8) is 0 Å². The quantitative estimate of drug-likeness (QED) is 0.850. The second kappa shape index (κ2) is 6.23. The lowest BCUT2D eigenvalue weighted by atomic mass is 10.2. The number of benzene rings is 1. The van der Waals surface area contributed by atoms with E-state index in [0.29, 0.717) is 11.3 Å². The SMILES string of the molecule is COC(=O)c1ccc(NC(=O)c2c[nH]c(=O)c(Cl)c2)cc1. The predicted octanol–water partition coefficient (Wildman–Crippen LogP) is 2.07. The number of aromatic amines is 1. The van der Waals surface area contributed by atoms with Crippen molar-refractivity contribution in [1.29, 1.82) is 0 Å². The number of carbonyl (C=O) groups excluding carboxylic acids is 2. The Bertz CT molecular complexity index is 737. The molecule has 1 aromatic heterocycles. The van der Waals surface area contributed by atoms with Gasteiger partial charge in [0.2, 0.25) is 0 Å². The second-order valence-electron chi connectivity index (χ2n) is 4.09. The fourth-order valence-electron chi connectivity index (χ4n) is 1.60. The standard InChI is InChI=1S/C14H11ClN2O4/c1-21-14(20)8-2-4-10(5-3-8)17-12(18)9-6-11(15)13(19)16-7-9/h2-7H,1H3,(H,16,19)(H,17,18). The number of halogens is 1. The summed E-state index contributed by atoms with van der Waals surface area (Å²) in [5.41, 5.74) is 0.629. The molecular formula is C14H11ClN2O4. The molecule has 7 heteroatoms. The molecule has 0 fully saturated rings. The van der Waals surface area contributed by atoms with E-state index in [4.69, 9.17) is 11.6 Å². The average Bonchev–Trinajstić information content (AvgIpc) is 2.50. The van der Waals surface area contributed by atoms with E-state index in [2.05, 4.69) is 15.0 Å². The first kappa shape index (κ1) is 14.8. The maximum atomic E-state index is 12.0. The lowest BCUT2D eigenvalue weighted by molar-refractivity contribution is 0.0600. The Labute approximate surface area is 124 Å². The van der Waals surface area contributed by atoms with Crippen molar-refractivity contribution in [2.45, 2.75) is 0 Å². The summed E-state index contributed by atoms with van der Waals surface area (Å²) in [6, 6.07) is 7.47. The van der Waals surface area contributed by atoms with E-state index in [-0.39, 0.29) is 10.6 Å². The molecule has 0 spiro atoms. The summed E-state index contributed by atoms with van der Waals surface area (Å²) in [5, 5.41) is 2.55. The summed E-state index contributed by atoms with van der Waals surface area (Å²) in [5.74, 6) is -0.890. The van der Waals surface area contributed by atoms with Gasteiger partial charge in [0.1, 0.15) is 5.02 Å². The molecule has 1 heterocycles. The molecule has 0 radical (unpaired) electrons. The minimum atomic E-state index is -0.462. The molecule has 2 N–H and O–H groups in total. The molecule has 0 bridgehead atoms. The monoisotopic (exact) mass is 306 g/mol. The molecule has 0 atom stereocenters. The van der Waals surface area contributed by atoms with Gasteiger partial charge in [0.15, 0.2) is 0 Å². The first-order valence-electron chi connectivity index (χ1n) is 5.89. The maximum Gasteiger partial charge on any atom is 0.337 e. The Morgan fingerprint density at radius 1 is 1.19 bits per heavy atom. The van der Waals surface area contributed by atoms with Crippen LogP contribution in [0.25, 0.3) is 0 Å². The van der Waals surface area contributed by atoms with E-state index in [0.717, 1.165) is 0 Å². The van der Waals surface area contributed by atoms with Crippen molar-refractivity contribution in [3.8, 4) is 0 Å². The summed E-state index contributed by atoms with van der Waals surface area (Å²) >= 11 is 5.66. The number of pyridine rings is 1. The summed E-state index contributed by atoms with van der Waals surface area (Å²) in [6.07, 6.45) is 1.27. The number of ether oxygens (including phenoxy) is 1. The van der Waals surface area contributed by atoms with Gasteiger partial charge in [-0.1, -0.05) is 11.6 Å². The van der Waals surface area contributed by atoms with Crippen molar-refractivity contribution in [2.75, 3.05) is 12.4 Å². The average molecular weight is 307 g/mol. The van der Waals surface area contributed by atoms with Crippen molar-refractivity contribution < 1.29 is 14.3 Å². The molecule has 0 aliphatic carbocycles. The van der Waals surface area contributed by atoms with Gasteiger partial charge in [-0.3, -0.25) is 9.59 Å². The Hall–Kier alpha value is -2.60. The zero-order valence-electron chi connectivity index (χ0n) is 11.0. The minimum absolute atomic E-state index is 0.0660. The van der Waals surface area contributed by atoms with E-state index in [1.54, 1.807) is 12.1 Å². The molecule has 108 valence electrons. The first-order chi connectivity index (χ1) is 10.0. The van der Waals surface area contributed by atoms with Crippen LogP contribution in [0.4, 0.5) is 5.69 Å². The number of H-pyrrole nitrogens is 1. The highest BCUT2D eigenvalue weighted by Gasteiger charge is 2.09. The Balaban J connectivity index is 2.14. The largest absolute Gasteiger partial charge is 0.465 e. The summed E-state index contributed by atoms with van der Waals surface area (Å²) in [7, 11) is 1.29. The van der Waals surface area contributed by atoms with Crippen LogP contribution in [0, 0.1) is 0 Å². The number of methoxy groups -OCH3 is 1. The highest BCUT2D eigenvalue weighted by molar-refractivity contribution is 6.30. The fraction of sp³-hybridized carbons (Fsp3) is 0.0714. The molecule has 2 aromatic rings. The van der Waals surface area contributed by atoms with Crippen LogP contribution in [-0.2, 0) is 4.74 Å². The van der Waals surface area contributed by atoms with Crippen molar-refractivity contribution in [2.24, 2.45) is 0 Å². The summed E-state index contributed by atoms with van der Waals surface area (Å²) < 4.78 is 4.58. The molecule has 0 aliphatic heterocycles. The zero-order valence-corrected chi connectivity index (χ0v) is 11.7. The number of esters is 1. The third-order valence-corrected chi connectivity index (χ3v) is 2.96. The van der Waals surface area contributed by atoms with Crippen molar-refractivity contribution >= 4 is 29.2 Å². The van der Waals surface area contributed by atoms with Gasteiger partial charge in [-0.15, -0.1) is 0 Å². The van der Waals surface area contributed by atoms with E-state index < -0.39 is 17.4 Å². The van der Waals surface area contributed by atoms with E-state index in [9.17, 15) is 14.4 Å². The highest BCUT2D eigenvalue weighted by atomic mass is 35.5. The minimum Gasteiger partial charge on any atom is -0.465 e. The van der Waals surface area contributed by atoms with Gasteiger partial charge < -0.3 is 15.0 Å². The summed E-state index contributed by atoms with van der Waals surface area (Å²) in [4.78, 5) is 36.7. The zero-order chi connectivity index (χ0) is 15.4. The van der Waals surface area contributed by atoms with E-state index in [1.807, 2.05) is 0 Å². The molecule has 21 heavy (non-hydrogen) atoms. The number of amides is 1. The second-order valence-corrected chi connectivity index (χ2v) is 4.50. The van der Waals surface area contributed by atoms with Crippen LogP contribution in [0.5, 0.6) is 0 Å². The van der Waals surface area contributed by atoms with Crippen LogP contribution in [-0.4, -0.2) is 24.0 Å². The molecule has 2 rings (SSSR count). The number of rotatable bonds is 3. The Morgan fingerprint density at radius 3 is 2.43 bits per heavy atom. The van der Waals surface area contributed by atoms with Gasteiger partial charge >= 0.3 is 5.97 Å². The van der Waals surface area contributed by atoms with Gasteiger partial charge in [-0.25, -0.2) is 4.79 Å². The van der Waals surface area contributed by atoms with Gasteiger partial charge in [0.25, 0.3) is 11.5 Å². The number of anilines is 1. The first-order valence-corrected chi connectivity index (χ1v) is 6.27.